The fourth-order valence-electron chi connectivity index (χ4n) is 3.82. The Labute approximate surface area is 202 Å². The van der Waals surface area contributed by atoms with Crippen LogP contribution in [0.25, 0.3) is 17.0 Å². The minimum atomic E-state index is -0.505. The first kappa shape index (κ1) is 23.9. The largest absolute Gasteiger partial charge is 0.379 e. The van der Waals surface area contributed by atoms with Crippen LogP contribution in [0.15, 0.2) is 58.8 Å². The van der Waals surface area contributed by atoms with Crippen LogP contribution in [0, 0.1) is 5.82 Å². The number of hydrogen-bond donors (Lipinski definition) is 1. The van der Waals surface area contributed by atoms with Crippen molar-refractivity contribution in [3.63, 3.8) is 0 Å². The molecular formula is C25H26ClFN4O3. The van der Waals surface area contributed by atoms with Crippen LogP contribution >= 0.6 is 11.6 Å². The molecule has 0 fully saturated rings. The molecule has 1 aromatic heterocycles. The predicted octanol–water partition coefficient (Wildman–Crippen LogP) is 5.84. The molecular weight excluding hydrogens is 459 g/mol. The fourth-order valence-corrected chi connectivity index (χ4v) is 3.95. The Morgan fingerprint density at radius 3 is 2.56 bits per heavy atom. The molecule has 34 heavy (non-hydrogen) atoms. The van der Waals surface area contributed by atoms with Gasteiger partial charge in [-0.05, 0) is 69.2 Å². The molecule has 1 aliphatic heterocycles. The summed E-state index contributed by atoms with van der Waals surface area (Å²) in [6, 6.07) is 12.4. The molecule has 7 nitrogen and oxygen atoms in total. The second-order valence-electron chi connectivity index (χ2n) is 8.29. The highest BCUT2D eigenvalue weighted by molar-refractivity contribution is 6.30. The van der Waals surface area contributed by atoms with Gasteiger partial charge in [0.1, 0.15) is 5.82 Å². The van der Waals surface area contributed by atoms with Crippen LogP contribution in [0.4, 0.5) is 9.18 Å². The third kappa shape index (κ3) is 5.29. The molecule has 2 heterocycles. The van der Waals surface area contributed by atoms with E-state index < -0.39 is 6.04 Å². The zero-order valence-electron chi connectivity index (χ0n) is 19.2. The van der Waals surface area contributed by atoms with Crippen molar-refractivity contribution in [2.45, 2.75) is 39.3 Å². The van der Waals surface area contributed by atoms with E-state index in [0.717, 1.165) is 5.56 Å². The molecule has 0 aliphatic carbocycles. The number of rotatable bonds is 8. The van der Waals surface area contributed by atoms with Crippen LogP contribution in [0.2, 0.25) is 5.02 Å². The Kier molecular flexibility index (Phi) is 7.29. The van der Waals surface area contributed by atoms with Gasteiger partial charge in [0.05, 0.1) is 17.7 Å². The summed E-state index contributed by atoms with van der Waals surface area (Å²) in [5.41, 5.74) is 2.85. The first-order valence-corrected chi connectivity index (χ1v) is 11.5. The van der Waals surface area contributed by atoms with Gasteiger partial charge >= 0.3 is 6.03 Å². The minimum absolute atomic E-state index is 0.125. The first-order valence-electron chi connectivity index (χ1n) is 11.1. The number of ether oxygens (including phenoxy) is 1. The van der Waals surface area contributed by atoms with Gasteiger partial charge in [-0.3, -0.25) is 4.90 Å². The quantitative estimate of drug-likeness (QED) is 0.406. The highest BCUT2D eigenvalue weighted by Gasteiger charge is 2.35. The number of halogens is 2. The van der Waals surface area contributed by atoms with Crippen molar-refractivity contribution < 1.29 is 18.4 Å². The summed E-state index contributed by atoms with van der Waals surface area (Å²) in [4.78, 5) is 19.3. The van der Waals surface area contributed by atoms with Crippen LogP contribution < -0.4 is 5.32 Å². The zero-order valence-corrected chi connectivity index (χ0v) is 20.0. The van der Waals surface area contributed by atoms with Crippen LogP contribution in [0.5, 0.6) is 0 Å². The van der Waals surface area contributed by atoms with E-state index in [1.54, 1.807) is 29.2 Å². The topological polar surface area (TPSA) is 80.5 Å². The van der Waals surface area contributed by atoms with Crippen LogP contribution in [0.3, 0.4) is 0 Å². The van der Waals surface area contributed by atoms with Crippen molar-refractivity contribution in [3.8, 4) is 11.4 Å². The maximum atomic E-state index is 13.3. The molecule has 178 valence electrons. The third-order valence-electron chi connectivity index (χ3n) is 5.54. The van der Waals surface area contributed by atoms with Gasteiger partial charge in [0.2, 0.25) is 5.82 Å². The molecule has 0 saturated heterocycles. The monoisotopic (exact) mass is 484 g/mol. The van der Waals surface area contributed by atoms with E-state index in [1.807, 2.05) is 32.9 Å². The number of hydrogen-bond acceptors (Lipinski definition) is 5. The van der Waals surface area contributed by atoms with Crippen LogP contribution in [-0.2, 0) is 4.74 Å². The lowest BCUT2D eigenvalue weighted by molar-refractivity contribution is 0.0736. The molecule has 1 aliphatic rings. The van der Waals surface area contributed by atoms with E-state index in [-0.39, 0.29) is 23.8 Å². The van der Waals surface area contributed by atoms with E-state index in [9.17, 15) is 9.18 Å². The number of benzene rings is 2. The summed E-state index contributed by atoms with van der Waals surface area (Å²) in [5, 5.41) is 7.74. The van der Waals surface area contributed by atoms with Gasteiger partial charge in [0.25, 0.3) is 5.89 Å². The molecule has 0 spiro atoms. The second-order valence-corrected chi connectivity index (χ2v) is 8.72. The first-order chi connectivity index (χ1) is 16.3. The van der Waals surface area contributed by atoms with E-state index in [2.05, 4.69) is 15.5 Å². The minimum Gasteiger partial charge on any atom is -0.379 e. The van der Waals surface area contributed by atoms with E-state index in [4.69, 9.17) is 20.9 Å². The predicted molar refractivity (Wildman–Crippen MR) is 127 cm³/mol. The van der Waals surface area contributed by atoms with Crippen molar-refractivity contribution in [2.24, 2.45) is 0 Å². The van der Waals surface area contributed by atoms with E-state index in [0.29, 0.717) is 47.3 Å². The maximum absolute atomic E-state index is 13.3. The Hall–Kier alpha value is -3.23. The Morgan fingerprint density at radius 2 is 1.88 bits per heavy atom. The Morgan fingerprint density at radius 1 is 1.18 bits per heavy atom. The van der Waals surface area contributed by atoms with Crippen molar-refractivity contribution in [2.75, 3.05) is 13.2 Å². The van der Waals surface area contributed by atoms with E-state index >= 15 is 0 Å². The average Bonchev–Trinajstić information content (AvgIpc) is 3.28. The lowest BCUT2D eigenvalue weighted by atomic mass is 9.94. The molecule has 1 unspecified atom stereocenters. The van der Waals surface area contributed by atoms with Gasteiger partial charge in [-0.2, -0.15) is 4.98 Å². The van der Waals surface area contributed by atoms with Gasteiger partial charge in [0, 0.05) is 29.4 Å². The lowest BCUT2D eigenvalue weighted by Gasteiger charge is -2.35. The fraction of sp³-hybridized carbons (Fsp3) is 0.320. The summed E-state index contributed by atoms with van der Waals surface area (Å²) in [5.74, 6) is 0.264. The molecule has 3 aromatic rings. The average molecular weight is 485 g/mol. The number of carbonyl (C=O) groups is 1. The lowest BCUT2D eigenvalue weighted by Crippen LogP contribution is -2.46. The maximum Gasteiger partial charge on any atom is 0.322 e. The molecule has 2 aromatic carbocycles. The summed E-state index contributed by atoms with van der Waals surface area (Å²) in [7, 11) is 0. The highest BCUT2D eigenvalue weighted by atomic mass is 35.5. The van der Waals surface area contributed by atoms with E-state index in [1.165, 1.54) is 12.1 Å². The molecule has 4 rings (SSSR count). The van der Waals surface area contributed by atoms with Crippen molar-refractivity contribution >= 4 is 23.2 Å². The van der Waals surface area contributed by atoms with Crippen molar-refractivity contribution in [1.29, 1.82) is 0 Å². The van der Waals surface area contributed by atoms with Crippen LogP contribution in [-0.4, -0.2) is 40.3 Å². The Balaban J connectivity index is 1.70. The number of amides is 2. The van der Waals surface area contributed by atoms with Gasteiger partial charge < -0.3 is 14.6 Å². The SMILES string of the molecule is CC1=C(c2nc(-c3ccc(F)cc3)no2)C(c2ccc(Cl)cc2)NC(=O)N1CCCOC(C)C. The number of aromatic nitrogens is 2. The number of nitrogens with zero attached hydrogens (tertiary/aromatic N) is 3. The number of allylic oxidation sites excluding steroid dienone is 1. The number of carbonyl (C=O) groups excluding carboxylic acids is 1. The highest BCUT2D eigenvalue weighted by Crippen LogP contribution is 2.37. The number of urea groups is 1. The van der Waals surface area contributed by atoms with Crippen LogP contribution in [0.1, 0.15) is 44.7 Å². The second kappa shape index (κ2) is 10.4. The number of nitrogens with one attached hydrogen (secondary N) is 1. The van der Waals surface area contributed by atoms with Crippen molar-refractivity contribution in [1.82, 2.24) is 20.4 Å². The molecule has 0 saturated carbocycles. The van der Waals surface area contributed by atoms with Gasteiger partial charge in [-0.15, -0.1) is 0 Å². The molecule has 1 atom stereocenters. The molecule has 0 bridgehead atoms. The molecule has 0 radical (unpaired) electrons. The normalized spacial score (nSPS) is 16.4. The molecule has 1 N–H and O–H groups in total. The van der Waals surface area contributed by atoms with Gasteiger partial charge in [0.15, 0.2) is 0 Å². The third-order valence-corrected chi connectivity index (χ3v) is 5.79. The standard InChI is InChI=1S/C25H26ClFN4O3/c1-15(2)33-14-4-13-31-16(3)21(22(28-25(31)32)17-5-9-19(26)10-6-17)24-29-23(30-34-24)18-7-11-20(27)12-8-18/h5-12,15,22H,4,13-14H2,1-3H3,(H,28,32). The summed E-state index contributed by atoms with van der Waals surface area (Å²) < 4.78 is 24.6. The molecule has 9 heteroatoms. The zero-order chi connectivity index (χ0) is 24.2. The van der Waals surface area contributed by atoms with Gasteiger partial charge in [-0.1, -0.05) is 28.9 Å². The summed E-state index contributed by atoms with van der Waals surface area (Å²) in [6.07, 6.45) is 0.798. The van der Waals surface area contributed by atoms with Crippen molar-refractivity contribution in [3.05, 3.63) is 76.5 Å². The Bertz CT molecular complexity index is 1180. The molecule has 2 amide bonds. The smallest absolute Gasteiger partial charge is 0.322 e. The van der Waals surface area contributed by atoms with Gasteiger partial charge in [-0.25, -0.2) is 9.18 Å². The summed E-state index contributed by atoms with van der Waals surface area (Å²) in [6.45, 7) is 6.83. The summed E-state index contributed by atoms with van der Waals surface area (Å²) >= 11 is 6.07.